The van der Waals surface area contributed by atoms with Gasteiger partial charge >= 0.3 is 5.97 Å². The number of carboxylic acid groups (broad SMARTS) is 1. The van der Waals surface area contributed by atoms with Gasteiger partial charge in [0.15, 0.2) is 11.5 Å². The van der Waals surface area contributed by atoms with E-state index in [1.165, 1.54) is 32.4 Å². The molecule has 1 aromatic rings. The SMILES string of the molecule is C.COc1cc(/C=C/C(=O)O)cc(OC)c1O. The molecule has 5 nitrogen and oxygen atoms in total. The van der Waals surface area contributed by atoms with Crippen molar-refractivity contribution in [1.29, 1.82) is 0 Å². The van der Waals surface area contributed by atoms with Gasteiger partial charge in [0.25, 0.3) is 0 Å². The second kappa shape index (κ2) is 6.42. The zero-order valence-corrected chi connectivity index (χ0v) is 8.93. The van der Waals surface area contributed by atoms with Crippen molar-refractivity contribution < 1.29 is 24.5 Å². The maximum absolute atomic E-state index is 10.3. The molecule has 0 saturated heterocycles. The number of carboxylic acids is 1. The smallest absolute Gasteiger partial charge is 0.328 e. The van der Waals surface area contributed by atoms with Crippen LogP contribution in [0.15, 0.2) is 18.2 Å². The standard InChI is InChI=1S/C11H12O5.CH4/c1-15-8-5-7(3-4-10(12)13)6-9(16-2)11(8)14;/h3-6,14H,1-2H3,(H,12,13);1H4/b4-3+;. The summed E-state index contributed by atoms with van der Waals surface area (Å²) in [5, 5.41) is 18.1. The Morgan fingerprint density at radius 2 is 1.71 bits per heavy atom. The number of ether oxygens (including phenoxy) is 2. The Kier molecular flexibility index (Phi) is 5.60. The van der Waals surface area contributed by atoms with E-state index >= 15 is 0 Å². The van der Waals surface area contributed by atoms with Gasteiger partial charge in [0.1, 0.15) is 0 Å². The Labute approximate surface area is 99.9 Å². The molecule has 0 unspecified atom stereocenters. The minimum absolute atomic E-state index is 0. The van der Waals surface area contributed by atoms with Crippen LogP contribution < -0.4 is 9.47 Å². The summed E-state index contributed by atoms with van der Waals surface area (Å²) in [5.74, 6) is -0.711. The van der Waals surface area contributed by atoms with Crippen LogP contribution in [0.1, 0.15) is 13.0 Å². The normalized spacial score (nSPS) is 9.76. The first-order valence-corrected chi connectivity index (χ1v) is 4.44. The Bertz CT molecular complexity index is 398. The predicted molar refractivity (Wildman–Crippen MR) is 64.6 cm³/mol. The molecular formula is C12H16O5. The molecule has 0 fully saturated rings. The second-order valence-electron chi connectivity index (χ2n) is 2.95. The second-order valence-corrected chi connectivity index (χ2v) is 2.95. The van der Waals surface area contributed by atoms with Gasteiger partial charge in [0, 0.05) is 6.08 Å². The molecule has 0 aromatic heterocycles. The minimum atomic E-state index is -1.05. The van der Waals surface area contributed by atoms with Gasteiger partial charge in [-0.15, -0.1) is 0 Å². The van der Waals surface area contributed by atoms with Crippen LogP contribution in [0.3, 0.4) is 0 Å². The molecule has 0 radical (unpaired) electrons. The molecule has 17 heavy (non-hydrogen) atoms. The van der Waals surface area contributed by atoms with Crippen LogP contribution in [0.25, 0.3) is 6.08 Å². The van der Waals surface area contributed by atoms with Crippen molar-refractivity contribution in [3.63, 3.8) is 0 Å². The van der Waals surface area contributed by atoms with Crippen LogP contribution in [0, 0.1) is 0 Å². The summed E-state index contributed by atoms with van der Waals surface area (Å²) in [6.45, 7) is 0. The van der Waals surface area contributed by atoms with Crippen molar-refractivity contribution in [2.24, 2.45) is 0 Å². The topological polar surface area (TPSA) is 76.0 Å². The first kappa shape index (κ1) is 14.8. The number of rotatable bonds is 4. The van der Waals surface area contributed by atoms with Crippen LogP contribution >= 0.6 is 0 Å². The van der Waals surface area contributed by atoms with E-state index in [9.17, 15) is 9.90 Å². The van der Waals surface area contributed by atoms with Crippen molar-refractivity contribution in [3.8, 4) is 17.2 Å². The highest BCUT2D eigenvalue weighted by molar-refractivity contribution is 5.85. The summed E-state index contributed by atoms with van der Waals surface area (Å²) in [6.07, 6.45) is 2.37. The first-order chi connectivity index (χ1) is 7.58. The quantitative estimate of drug-likeness (QED) is 0.788. The zero-order valence-electron chi connectivity index (χ0n) is 8.93. The number of aromatic hydroxyl groups is 1. The van der Waals surface area contributed by atoms with Crippen LogP contribution in [0.2, 0.25) is 0 Å². The van der Waals surface area contributed by atoms with Crippen molar-refractivity contribution in [2.45, 2.75) is 7.43 Å². The summed E-state index contributed by atoms with van der Waals surface area (Å²) in [4.78, 5) is 10.3. The highest BCUT2D eigenvalue weighted by Crippen LogP contribution is 2.37. The lowest BCUT2D eigenvalue weighted by Crippen LogP contribution is -1.91. The molecule has 1 aromatic carbocycles. The molecule has 94 valence electrons. The molecule has 2 N–H and O–H groups in total. The third-order valence-electron chi connectivity index (χ3n) is 1.92. The predicted octanol–water partition coefficient (Wildman–Crippen LogP) is 2.14. The summed E-state index contributed by atoms with van der Waals surface area (Å²) >= 11 is 0. The number of hydrogen-bond acceptors (Lipinski definition) is 4. The van der Waals surface area contributed by atoms with Crippen molar-refractivity contribution in [2.75, 3.05) is 14.2 Å². The number of methoxy groups -OCH3 is 2. The average molecular weight is 240 g/mol. The Morgan fingerprint density at radius 1 is 1.24 bits per heavy atom. The van der Waals surface area contributed by atoms with E-state index < -0.39 is 5.97 Å². The average Bonchev–Trinajstić information content (AvgIpc) is 2.27. The Balaban J connectivity index is 0.00000256. The Morgan fingerprint density at radius 3 is 2.06 bits per heavy atom. The number of phenolic OH excluding ortho intramolecular Hbond substituents is 1. The van der Waals surface area contributed by atoms with Crippen molar-refractivity contribution in [3.05, 3.63) is 23.8 Å². The molecule has 0 spiro atoms. The van der Waals surface area contributed by atoms with E-state index in [2.05, 4.69) is 0 Å². The molecular weight excluding hydrogens is 224 g/mol. The van der Waals surface area contributed by atoms with Gasteiger partial charge in [-0.05, 0) is 23.8 Å². The van der Waals surface area contributed by atoms with E-state index in [0.717, 1.165) is 6.08 Å². The molecule has 0 aliphatic rings. The largest absolute Gasteiger partial charge is 0.502 e. The lowest BCUT2D eigenvalue weighted by molar-refractivity contribution is -0.131. The minimum Gasteiger partial charge on any atom is -0.502 e. The highest BCUT2D eigenvalue weighted by Gasteiger charge is 2.09. The summed E-state index contributed by atoms with van der Waals surface area (Å²) in [5.41, 5.74) is 0.564. The number of aliphatic carboxylic acids is 1. The molecule has 0 aliphatic carbocycles. The third-order valence-corrected chi connectivity index (χ3v) is 1.92. The molecule has 0 aliphatic heterocycles. The molecule has 0 bridgehead atoms. The fourth-order valence-electron chi connectivity index (χ4n) is 1.18. The fraction of sp³-hybridized carbons (Fsp3) is 0.250. The number of benzene rings is 1. The van der Waals surface area contributed by atoms with Gasteiger partial charge in [0.05, 0.1) is 14.2 Å². The van der Waals surface area contributed by atoms with Crippen molar-refractivity contribution in [1.82, 2.24) is 0 Å². The van der Waals surface area contributed by atoms with Gasteiger partial charge in [-0.2, -0.15) is 0 Å². The van der Waals surface area contributed by atoms with Crippen molar-refractivity contribution >= 4 is 12.0 Å². The van der Waals surface area contributed by atoms with Gasteiger partial charge in [-0.25, -0.2) is 4.79 Å². The van der Waals surface area contributed by atoms with E-state index in [-0.39, 0.29) is 24.7 Å². The molecule has 0 heterocycles. The van der Waals surface area contributed by atoms with Crippen LogP contribution in [0.5, 0.6) is 17.2 Å². The summed E-state index contributed by atoms with van der Waals surface area (Å²) in [7, 11) is 2.80. The van der Waals surface area contributed by atoms with Crippen LogP contribution in [0.4, 0.5) is 0 Å². The number of hydrogen-bond donors (Lipinski definition) is 2. The molecule has 0 saturated carbocycles. The molecule has 0 amide bonds. The van der Waals surface area contributed by atoms with Gasteiger partial charge in [-0.3, -0.25) is 0 Å². The van der Waals surface area contributed by atoms with Gasteiger partial charge in [0.2, 0.25) is 5.75 Å². The zero-order chi connectivity index (χ0) is 12.1. The lowest BCUT2D eigenvalue weighted by atomic mass is 10.1. The third kappa shape index (κ3) is 3.71. The molecule has 1 rings (SSSR count). The lowest BCUT2D eigenvalue weighted by Gasteiger charge is -2.09. The Hall–Kier alpha value is -2.17. The van der Waals surface area contributed by atoms with Gasteiger partial charge < -0.3 is 19.7 Å². The monoisotopic (exact) mass is 240 g/mol. The van der Waals surface area contributed by atoms with E-state index in [1.807, 2.05) is 0 Å². The van der Waals surface area contributed by atoms with E-state index in [1.54, 1.807) is 0 Å². The maximum atomic E-state index is 10.3. The number of carbonyl (C=O) groups is 1. The molecule has 0 atom stereocenters. The fourth-order valence-corrected chi connectivity index (χ4v) is 1.18. The summed E-state index contributed by atoms with van der Waals surface area (Å²) in [6, 6.07) is 3.02. The van der Waals surface area contributed by atoms with Gasteiger partial charge in [-0.1, -0.05) is 7.43 Å². The first-order valence-electron chi connectivity index (χ1n) is 4.44. The number of phenols is 1. The van der Waals surface area contributed by atoms with Crippen LogP contribution in [-0.2, 0) is 4.79 Å². The summed E-state index contributed by atoms with van der Waals surface area (Å²) < 4.78 is 9.85. The maximum Gasteiger partial charge on any atom is 0.328 e. The van der Waals surface area contributed by atoms with Crippen LogP contribution in [-0.4, -0.2) is 30.4 Å². The molecule has 5 heteroatoms. The van der Waals surface area contributed by atoms with E-state index in [4.69, 9.17) is 14.6 Å². The van der Waals surface area contributed by atoms with E-state index in [0.29, 0.717) is 5.56 Å². The highest BCUT2D eigenvalue weighted by atomic mass is 16.5.